The summed E-state index contributed by atoms with van der Waals surface area (Å²) in [4.78, 5) is 11.7. The highest BCUT2D eigenvalue weighted by Gasteiger charge is 2.21. The Hall–Kier alpha value is -1.31. The highest BCUT2D eigenvalue weighted by atomic mass is 16.5. The van der Waals surface area contributed by atoms with E-state index in [2.05, 4.69) is 6.07 Å². The van der Waals surface area contributed by atoms with E-state index < -0.39 is 0 Å². The summed E-state index contributed by atoms with van der Waals surface area (Å²) in [5.74, 6) is 2.13. The number of hydrogen-bond donors (Lipinski definition) is 0. The molecule has 0 spiro atoms. The predicted molar refractivity (Wildman–Crippen MR) is 66.5 cm³/mol. The number of ketones is 1. The van der Waals surface area contributed by atoms with Crippen LogP contribution in [0.25, 0.3) is 0 Å². The Labute approximate surface area is 102 Å². The molecular formula is C15H18O2. The van der Waals surface area contributed by atoms with Crippen molar-refractivity contribution in [3.05, 3.63) is 29.3 Å². The maximum Gasteiger partial charge on any atom is 0.163 e. The maximum absolute atomic E-state index is 11.7. The van der Waals surface area contributed by atoms with Gasteiger partial charge in [0, 0.05) is 12.0 Å². The van der Waals surface area contributed by atoms with Gasteiger partial charge in [0.25, 0.3) is 0 Å². The third-order valence-corrected chi connectivity index (χ3v) is 3.72. The van der Waals surface area contributed by atoms with Gasteiger partial charge in [0.1, 0.15) is 5.75 Å². The minimum absolute atomic E-state index is 0.288. The van der Waals surface area contributed by atoms with Gasteiger partial charge in [-0.2, -0.15) is 0 Å². The van der Waals surface area contributed by atoms with Gasteiger partial charge in [-0.1, -0.05) is 12.8 Å². The fourth-order valence-corrected chi connectivity index (χ4v) is 2.46. The standard InChI is InChI=1S/C15H18O2/c16-15-3-1-2-12-10-13(6-7-14(12)15)17-9-8-11-4-5-11/h6-7,10-11H,1-5,8-9H2. The second-order valence-electron chi connectivity index (χ2n) is 5.18. The molecule has 17 heavy (non-hydrogen) atoms. The molecule has 0 bridgehead atoms. The molecule has 2 nitrogen and oxygen atoms in total. The van der Waals surface area contributed by atoms with Crippen molar-refractivity contribution in [2.24, 2.45) is 5.92 Å². The quantitative estimate of drug-likeness (QED) is 0.792. The van der Waals surface area contributed by atoms with Crippen molar-refractivity contribution in [2.45, 2.75) is 38.5 Å². The van der Waals surface area contributed by atoms with Gasteiger partial charge in [-0.05, 0) is 48.9 Å². The average Bonchev–Trinajstić information content (AvgIpc) is 3.13. The van der Waals surface area contributed by atoms with Gasteiger partial charge in [0.15, 0.2) is 5.78 Å². The summed E-state index contributed by atoms with van der Waals surface area (Å²) in [5.41, 5.74) is 2.08. The van der Waals surface area contributed by atoms with Crippen LogP contribution in [0, 0.1) is 5.92 Å². The number of carbonyl (C=O) groups is 1. The van der Waals surface area contributed by atoms with E-state index in [9.17, 15) is 4.79 Å². The molecule has 0 aliphatic heterocycles. The van der Waals surface area contributed by atoms with E-state index in [1.807, 2.05) is 12.1 Å². The van der Waals surface area contributed by atoms with Crippen molar-refractivity contribution in [3.63, 3.8) is 0 Å². The molecule has 1 saturated carbocycles. The van der Waals surface area contributed by atoms with Gasteiger partial charge in [-0.3, -0.25) is 4.79 Å². The summed E-state index contributed by atoms with van der Waals surface area (Å²) in [7, 11) is 0. The fraction of sp³-hybridized carbons (Fsp3) is 0.533. The molecule has 2 aliphatic rings. The summed E-state index contributed by atoms with van der Waals surface area (Å²) in [6, 6.07) is 5.93. The van der Waals surface area contributed by atoms with E-state index in [0.29, 0.717) is 6.42 Å². The molecule has 0 amide bonds. The van der Waals surface area contributed by atoms with Gasteiger partial charge in [0.2, 0.25) is 0 Å². The number of fused-ring (bicyclic) bond motifs is 1. The lowest BCUT2D eigenvalue weighted by molar-refractivity contribution is 0.0972. The molecule has 3 rings (SSSR count). The number of benzene rings is 1. The molecule has 1 aromatic carbocycles. The van der Waals surface area contributed by atoms with Crippen LogP contribution in [0.4, 0.5) is 0 Å². The minimum Gasteiger partial charge on any atom is -0.494 e. The monoisotopic (exact) mass is 230 g/mol. The van der Waals surface area contributed by atoms with Gasteiger partial charge in [-0.15, -0.1) is 0 Å². The highest BCUT2D eigenvalue weighted by Crippen LogP contribution is 2.32. The van der Waals surface area contributed by atoms with Gasteiger partial charge >= 0.3 is 0 Å². The van der Waals surface area contributed by atoms with Gasteiger partial charge in [-0.25, -0.2) is 0 Å². The molecule has 2 heteroatoms. The summed E-state index contributed by atoms with van der Waals surface area (Å²) < 4.78 is 5.75. The second kappa shape index (κ2) is 4.52. The molecule has 0 unspecified atom stereocenters. The fourth-order valence-electron chi connectivity index (χ4n) is 2.46. The molecule has 2 aliphatic carbocycles. The average molecular weight is 230 g/mol. The number of aryl methyl sites for hydroxylation is 1. The van der Waals surface area contributed by atoms with E-state index in [1.165, 1.54) is 24.8 Å². The first-order chi connectivity index (χ1) is 8.33. The lowest BCUT2D eigenvalue weighted by Gasteiger charge is -2.15. The molecule has 0 atom stereocenters. The van der Waals surface area contributed by atoms with Crippen LogP contribution < -0.4 is 4.74 Å². The molecular weight excluding hydrogens is 212 g/mol. The minimum atomic E-state index is 0.288. The first-order valence-electron chi connectivity index (χ1n) is 6.62. The normalized spacial score (nSPS) is 18.9. The Balaban J connectivity index is 1.66. The molecule has 90 valence electrons. The number of hydrogen-bond acceptors (Lipinski definition) is 2. The number of rotatable bonds is 4. The van der Waals surface area contributed by atoms with Crippen molar-refractivity contribution in [3.8, 4) is 5.75 Å². The van der Waals surface area contributed by atoms with Crippen LogP contribution in [-0.4, -0.2) is 12.4 Å². The molecule has 0 radical (unpaired) electrons. The van der Waals surface area contributed by atoms with Crippen LogP contribution in [-0.2, 0) is 6.42 Å². The van der Waals surface area contributed by atoms with Crippen molar-refractivity contribution in [1.82, 2.24) is 0 Å². The Kier molecular flexibility index (Phi) is 2.87. The molecule has 0 aromatic heterocycles. The molecule has 0 saturated heterocycles. The van der Waals surface area contributed by atoms with E-state index in [4.69, 9.17) is 4.74 Å². The smallest absolute Gasteiger partial charge is 0.163 e. The maximum atomic E-state index is 11.7. The topological polar surface area (TPSA) is 26.3 Å². The second-order valence-corrected chi connectivity index (χ2v) is 5.18. The van der Waals surface area contributed by atoms with Crippen molar-refractivity contribution >= 4 is 5.78 Å². The lowest BCUT2D eigenvalue weighted by Crippen LogP contribution is -2.10. The Bertz CT molecular complexity index is 433. The number of Topliss-reactive ketones (excluding diaryl/α,β-unsaturated/α-hetero) is 1. The van der Waals surface area contributed by atoms with Crippen molar-refractivity contribution < 1.29 is 9.53 Å². The molecule has 1 aromatic rings. The number of carbonyl (C=O) groups excluding carboxylic acids is 1. The third kappa shape index (κ3) is 2.51. The largest absolute Gasteiger partial charge is 0.494 e. The summed E-state index contributed by atoms with van der Waals surface area (Å²) >= 11 is 0. The van der Waals surface area contributed by atoms with Crippen LogP contribution in [0.3, 0.4) is 0 Å². The van der Waals surface area contributed by atoms with Crippen LogP contribution in [0.15, 0.2) is 18.2 Å². The van der Waals surface area contributed by atoms with Crippen molar-refractivity contribution in [2.75, 3.05) is 6.61 Å². The van der Waals surface area contributed by atoms with Crippen LogP contribution in [0.5, 0.6) is 5.75 Å². The van der Waals surface area contributed by atoms with Crippen LogP contribution >= 0.6 is 0 Å². The molecule has 0 heterocycles. The molecule has 1 fully saturated rings. The summed E-state index contributed by atoms with van der Waals surface area (Å²) in [5, 5.41) is 0. The van der Waals surface area contributed by atoms with Crippen LogP contribution in [0.2, 0.25) is 0 Å². The lowest BCUT2D eigenvalue weighted by atomic mass is 9.90. The number of ether oxygens (including phenoxy) is 1. The van der Waals surface area contributed by atoms with E-state index >= 15 is 0 Å². The summed E-state index contributed by atoms with van der Waals surface area (Å²) in [6.07, 6.45) is 6.63. The first kappa shape index (κ1) is 10.8. The van der Waals surface area contributed by atoms with Gasteiger partial charge < -0.3 is 4.74 Å². The SMILES string of the molecule is O=C1CCCc2cc(OCCC3CC3)ccc21. The Morgan fingerprint density at radius 1 is 1.24 bits per heavy atom. The zero-order valence-corrected chi connectivity index (χ0v) is 10.1. The Morgan fingerprint density at radius 2 is 2.12 bits per heavy atom. The third-order valence-electron chi connectivity index (χ3n) is 3.72. The summed E-state index contributed by atoms with van der Waals surface area (Å²) in [6.45, 7) is 0.817. The van der Waals surface area contributed by atoms with E-state index in [1.54, 1.807) is 0 Å². The zero-order valence-electron chi connectivity index (χ0n) is 10.1. The van der Waals surface area contributed by atoms with Crippen molar-refractivity contribution in [1.29, 1.82) is 0 Å². The van der Waals surface area contributed by atoms with Gasteiger partial charge in [0.05, 0.1) is 6.61 Å². The van der Waals surface area contributed by atoms with E-state index in [0.717, 1.165) is 36.7 Å². The Morgan fingerprint density at radius 3 is 2.94 bits per heavy atom. The zero-order chi connectivity index (χ0) is 11.7. The molecule has 0 N–H and O–H groups in total. The van der Waals surface area contributed by atoms with E-state index in [-0.39, 0.29) is 5.78 Å². The first-order valence-corrected chi connectivity index (χ1v) is 6.62. The highest BCUT2D eigenvalue weighted by molar-refractivity contribution is 5.98. The predicted octanol–water partition coefficient (Wildman–Crippen LogP) is 3.38. The van der Waals surface area contributed by atoms with Crippen LogP contribution in [0.1, 0.15) is 48.0 Å².